The SMILES string of the molecule is COc1ccccc1OCC(=O)N(C[C@@H]1CCCO1)c1nc2c(C)ccc(Cl)c2s1. The van der Waals surface area contributed by atoms with Crippen LogP contribution in [0.3, 0.4) is 0 Å². The van der Waals surface area contributed by atoms with Crippen LogP contribution in [0.15, 0.2) is 36.4 Å². The van der Waals surface area contributed by atoms with E-state index >= 15 is 0 Å². The van der Waals surface area contributed by atoms with Gasteiger partial charge in [-0.3, -0.25) is 9.69 Å². The van der Waals surface area contributed by atoms with E-state index in [1.54, 1.807) is 24.1 Å². The summed E-state index contributed by atoms with van der Waals surface area (Å²) in [5.74, 6) is 0.913. The van der Waals surface area contributed by atoms with Crippen molar-refractivity contribution in [2.75, 3.05) is 31.8 Å². The van der Waals surface area contributed by atoms with Gasteiger partial charge in [0.15, 0.2) is 23.2 Å². The van der Waals surface area contributed by atoms with Gasteiger partial charge in [-0.15, -0.1) is 0 Å². The zero-order valence-corrected chi connectivity index (χ0v) is 18.5. The number of thiazole rings is 1. The number of ether oxygens (including phenoxy) is 3. The van der Waals surface area contributed by atoms with Gasteiger partial charge in [0.1, 0.15) is 0 Å². The highest BCUT2D eigenvalue weighted by Crippen LogP contribution is 2.36. The molecule has 0 N–H and O–H groups in total. The van der Waals surface area contributed by atoms with Gasteiger partial charge in [0, 0.05) is 6.61 Å². The topological polar surface area (TPSA) is 60.9 Å². The minimum atomic E-state index is -0.191. The number of hydrogen-bond acceptors (Lipinski definition) is 6. The van der Waals surface area contributed by atoms with Crippen LogP contribution >= 0.6 is 22.9 Å². The maximum atomic E-state index is 13.2. The monoisotopic (exact) mass is 446 g/mol. The Hall–Kier alpha value is -2.35. The van der Waals surface area contributed by atoms with Gasteiger partial charge in [-0.25, -0.2) is 4.98 Å². The maximum absolute atomic E-state index is 13.2. The number of carbonyl (C=O) groups is 1. The number of anilines is 1. The number of nitrogens with zero attached hydrogens (tertiary/aromatic N) is 2. The van der Waals surface area contributed by atoms with Crippen molar-refractivity contribution in [3.63, 3.8) is 0 Å². The summed E-state index contributed by atoms with van der Waals surface area (Å²) < 4.78 is 17.7. The number of halogens is 1. The Morgan fingerprint density at radius 3 is 2.80 bits per heavy atom. The van der Waals surface area contributed by atoms with E-state index in [4.69, 9.17) is 30.8 Å². The fraction of sp³-hybridized carbons (Fsp3) is 0.364. The smallest absolute Gasteiger partial charge is 0.266 e. The molecule has 30 heavy (non-hydrogen) atoms. The van der Waals surface area contributed by atoms with Crippen molar-refractivity contribution in [1.29, 1.82) is 0 Å². The summed E-state index contributed by atoms with van der Waals surface area (Å²) in [6, 6.07) is 11.1. The Kier molecular flexibility index (Phi) is 6.41. The van der Waals surface area contributed by atoms with Gasteiger partial charge in [0.05, 0.1) is 35.0 Å². The molecule has 1 fully saturated rings. The molecule has 2 aromatic carbocycles. The average Bonchev–Trinajstić information content (AvgIpc) is 3.43. The Labute approximate surface area is 184 Å². The molecule has 1 atom stereocenters. The summed E-state index contributed by atoms with van der Waals surface area (Å²) in [7, 11) is 1.57. The number of methoxy groups -OCH3 is 1. The number of para-hydroxylation sites is 2. The number of aryl methyl sites for hydroxylation is 1. The maximum Gasteiger partial charge on any atom is 0.266 e. The first-order chi connectivity index (χ1) is 14.6. The Morgan fingerprint density at radius 1 is 1.30 bits per heavy atom. The molecular formula is C22H23ClN2O4S. The Bertz CT molecular complexity index is 1010. The van der Waals surface area contributed by atoms with Crippen molar-refractivity contribution in [1.82, 2.24) is 4.98 Å². The molecular weight excluding hydrogens is 424 g/mol. The molecule has 0 bridgehead atoms. The lowest BCUT2D eigenvalue weighted by atomic mass is 10.2. The van der Waals surface area contributed by atoms with Crippen LogP contribution in [-0.4, -0.2) is 43.9 Å². The molecule has 0 aliphatic carbocycles. The molecule has 1 amide bonds. The molecule has 0 unspecified atom stereocenters. The summed E-state index contributed by atoms with van der Waals surface area (Å²) >= 11 is 7.79. The molecule has 8 heteroatoms. The molecule has 1 aromatic heterocycles. The average molecular weight is 447 g/mol. The van der Waals surface area contributed by atoms with E-state index in [1.807, 2.05) is 31.2 Å². The van der Waals surface area contributed by atoms with Gasteiger partial charge < -0.3 is 14.2 Å². The van der Waals surface area contributed by atoms with Crippen molar-refractivity contribution in [3.8, 4) is 11.5 Å². The summed E-state index contributed by atoms with van der Waals surface area (Å²) in [6.07, 6.45) is 1.90. The second-order valence-electron chi connectivity index (χ2n) is 7.12. The van der Waals surface area contributed by atoms with E-state index in [0.29, 0.717) is 28.2 Å². The van der Waals surface area contributed by atoms with Crippen LogP contribution in [0.1, 0.15) is 18.4 Å². The molecule has 0 radical (unpaired) electrons. The highest BCUT2D eigenvalue weighted by Gasteiger charge is 2.27. The highest BCUT2D eigenvalue weighted by atomic mass is 35.5. The first-order valence-corrected chi connectivity index (χ1v) is 11.0. The number of rotatable bonds is 7. The third-order valence-corrected chi connectivity index (χ3v) is 6.59. The van der Waals surface area contributed by atoms with E-state index in [-0.39, 0.29) is 18.6 Å². The van der Waals surface area contributed by atoms with Crippen molar-refractivity contribution >= 4 is 44.2 Å². The predicted octanol–water partition coefficient (Wildman–Crippen LogP) is 4.86. The molecule has 158 valence electrons. The van der Waals surface area contributed by atoms with Gasteiger partial charge in [0.25, 0.3) is 5.91 Å². The molecule has 3 aromatic rings. The molecule has 1 saturated heterocycles. The van der Waals surface area contributed by atoms with Crippen molar-refractivity contribution in [2.45, 2.75) is 25.9 Å². The lowest BCUT2D eigenvalue weighted by Crippen LogP contribution is -2.40. The summed E-state index contributed by atoms with van der Waals surface area (Å²) in [4.78, 5) is 19.6. The first-order valence-electron chi connectivity index (χ1n) is 9.80. The van der Waals surface area contributed by atoms with Crippen LogP contribution in [0.4, 0.5) is 5.13 Å². The molecule has 1 aliphatic rings. The zero-order valence-electron chi connectivity index (χ0n) is 16.9. The van der Waals surface area contributed by atoms with E-state index in [1.165, 1.54) is 11.3 Å². The third-order valence-electron chi connectivity index (χ3n) is 5.05. The normalized spacial score (nSPS) is 16.0. The standard InChI is InChI=1S/C22H23ClN2O4S/c1-14-9-10-16(23)21-20(14)24-22(30-21)25(12-15-6-5-11-28-15)19(26)13-29-18-8-4-3-7-17(18)27-2/h3-4,7-10,15H,5-6,11-13H2,1-2H3/t15-/m0/s1. The van der Waals surface area contributed by atoms with Crippen LogP contribution in [0, 0.1) is 6.92 Å². The number of hydrogen-bond donors (Lipinski definition) is 0. The summed E-state index contributed by atoms with van der Waals surface area (Å²) in [6.45, 7) is 3.01. The number of fused-ring (bicyclic) bond motifs is 1. The Balaban J connectivity index is 1.60. The predicted molar refractivity (Wildman–Crippen MR) is 119 cm³/mol. The minimum absolute atomic E-state index is 0.0104. The second-order valence-corrected chi connectivity index (χ2v) is 8.50. The third kappa shape index (κ3) is 4.38. The van der Waals surface area contributed by atoms with Crippen LogP contribution in [-0.2, 0) is 9.53 Å². The molecule has 0 spiro atoms. The quantitative estimate of drug-likeness (QED) is 0.518. The van der Waals surface area contributed by atoms with Gasteiger partial charge in [0.2, 0.25) is 0 Å². The van der Waals surface area contributed by atoms with Gasteiger partial charge in [-0.05, 0) is 43.5 Å². The molecule has 4 rings (SSSR count). The van der Waals surface area contributed by atoms with E-state index < -0.39 is 0 Å². The van der Waals surface area contributed by atoms with Crippen LogP contribution in [0.5, 0.6) is 11.5 Å². The van der Waals surface area contributed by atoms with Gasteiger partial charge in [-0.2, -0.15) is 0 Å². The van der Waals surface area contributed by atoms with E-state index in [9.17, 15) is 4.79 Å². The lowest BCUT2D eigenvalue weighted by Gasteiger charge is -2.23. The van der Waals surface area contributed by atoms with Crippen molar-refractivity contribution < 1.29 is 19.0 Å². The van der Waals surface area contributed by atoms with Gasteiger partial charge >= 0.3 is 0 Å². The zero-order chi connectivity index (χ0) is 21.1. The van der Waals surface area contributed by atoms with E-state index in [0.717, 1.165) is 35.2 Å². The van der Waals surface area contributed by atoms with Crippen molar-refractivity contribution in [3.05, 3.63) is 47.0 Å². The molecule has 0 saturated carbocycles. The van der Waals surface area contributed by atoms with Crippen LogP contribution < -0.4 is 14.4 Å². The molecule has 6 nitrogen and oxygen atoms in total. The largest absolute Gasteiger partial charge is 0.493 e. The minimum Gasteiger partial charge on any atom is -0.493 e. The number of benzene rings is 2. The number of amides is 1. The molecule has 1 aliphatic heterocycles. The summed E-state index contributed by atoms with van der Waals surface area (Å²) in [5.41, 5.74) is 1.84. The van der Waals surface area contributed by atoms with Gasteiger partial charge in [-0.1, -0.05) is 41.1 Å². The van der Waals surface area contributed by atoms with Crippen LogP contribution in [0.2, 0.25) is 5.02 Å². The van der Waals surface area contributed by atoms with Crippen molar-refractivity contribution in [2.24, 2.45) is 0 Å². The summed E-state index contributed by atoms with van der Waals surface area (Å²) in [5, 5.41) is 1.24. The first kappa shape index (κ1) is 20.9. The highest BCUT2D eigenvalue weighted by molar-refractivity contribution is 7.23. The fourth-order valence-corrected chi connectivity index (χ4v) is 4.78. The van der Waals surface area contributed by atoms with E-state index in [2.05, 4.69) is 0 Å². The van der Waals surface area contributed by atoms with Crippen LogP contribution in [0.25, 0.3) is 10.2 Å². The Morgan fingerprint density at radius 2 is 2.10 bits per heavy atom. The number of carbonyl (C=O) groups excluding carboxylic acids is 1. The number of aromatic nitrogens is 1. The second kappa shape index (κ2) is 9.20. The lowest BCUT2D eigenvalue weighted by molar-refractivity contribution is -0.121. The fourth-order valence-electron chi connectivity index (χ4n) is 3.44. The molecule has 2 heterocycles.